The van der Waals surface area contributed by atoms with Crippen LogP contribution in [-0.2, 0) is 18.3 Å². The zero-order chi connectivity index (χ0) is 15.9. The molecule has 116 valence electrons. The summed E-state index contributed by atoms with van der Waals surface area (Å²) in [6.07, 6.45) is 4.09. The smallest absolute Gasteiger partial charge is 0.280 e. The molecule has 2 N–H and O–H groups in total. The lowest BCUT2D eigenvalue weighted by molar-refractivity contribution is 0.0947. The molecule has 1 heterocycles. The molecular formula is C18H23N3O. The maximum atomic E-state index is 12.8. The summed E-state index contributed by atoms with van der Waals surface area (Å²) in [6.45, 7) is 6.41. The SMILES string of the molecule is CC(C)(C)c1cccc(C(=O)n2nc3c(c2N)CCCC3)c1. The van der Waals surface area contributed by atoms with E-state index < -0.39 is 0 Å². The van der Waals surface area contributed by atoms with Gasteiger partial charge in [-0.1, -0.05) is 32.9 Å². The number of nitrogen functional groups attached to an aromatic ring is 1. The number of carbonyl (C=O) groups excluding carboxylic acids is 1. The molecule has 0 amide bonds. The normalized spacial score (nSPS) is 14.7. The van der Waals surface area contributed by atoms with Crippen molar-refractivity contribution in [3.05, 3.63) is 46.6 Å². The molecule has 0 aliphatic heterocycles. The molecule has 1 aromatic carbocycles. The van der Waals surface area contributed by atoms with E-state index in [9.17, 15) is 4.79 Å². The fourth-order valence-electron chi connectivity index (χ4n) is 2.97. The second-order valence-electron chi connectivity index (χ2n) is 7.07. The number of aryl methyl sites for hydroxylation is 1. The molecule has 3 rings (SSSR count). The van der Waals surface area contributed by atoms with Crippen LogP contribution in [0.15, 0.2) is 24.3 Å². The summed E-state index contributed by atoms with van der Waals surface area (Å²) in [5.74, 6) is 0.374. The predicted octanol–water partition coefficient (Wildman–Crippen LogP) is 3.33. The van der Waals surface area contributed by atoms with Gasteiger partial charge in [0.15, 0.2) is 0 Å². The molecule has 0 spiro atoms. The van der Waals surface area contributed by atoms with Crippen LogP contribution >= 0.6 is 0 Å². The first-order chi connectivity index (χ1) is 10.4. The Morgan fingerprint density at radius 2 is 1.95 bits per heavy atom. The molecule has 1 aliphatic rings. The molecule has 0 fully saturated rings. The Hall–Kier alpha value is -2.10. The first-order valence-corrected chi connectivity index (χ1v) is 7.89. The molecule has 0 atom stereocenters. The third kappa shape index (κ3) is 2.54. The van der Waals surface area contributed by atoms with Gasteiger partial charge in [0.1, 0.15) is 5.82 Å². The van der Waals surface area contributed by atoms with E-state index in [1.807, 2.05) is 24.3 Å². The molecule has 1 aromatic heterocycles. The average molecular weight is 297 g/mol. The summed E-state index contributed by atoms with van der Waals surface area (Å²) in [5.41, 5.74) is 9.99. The van der Waals surface area contributed by atoms with E-state index in [4.69, 9.17) is 5.73 Å². The monoisotopic (exact) mass is 297 g/mol. The Balaban J connectivity index is 2.00. The third-order valence-corrected chi connectivity index (χ3v) is 4.36. The van der Waals surface area contributed by atoms with E-state index >= 15 is 0 Å². The standard InChI is InChI=1S/C18H23N3O/c1-18(2,3)13-8-6-7-12(11-13)17(22)21-16(19)14-9-4-5-10-15(14)20-21/h6-8,11H,4-5,9-10,19H2,1-3H3. The van der Waals surface area contributed by atoms with Crippen LogP contribution in [0.4, 0.5) is 5.82 Å². The van der Waals surface area contributed by atoms with Gasteiger partial charge in [-0.15, -0.1) is 0 Å². The number of benzene rings is 1. The van der Waals surface area contributed by atoms with Crippen molar-refractivity contribution in [2.75, 3.05) is 5.73 Å². The minimum absolute atomic E-state index is 0.00515. The van der Waals surface area contributed by atoms with Crippen molar-refractivity contribution in [2.24, 2.45) is 0 Å². The molecule has 4 heteroatoms. The lowest BCUT2D eigenvalue weighted by Crippen LogP contribution is -2.18. The molecule has 22 heavy (non-hydrogen) atoms. The molecule has 0 radical (unpaired) electrons. The quantitative estimate of drug-likeness (QED) is 0.878. The van der Waals surface area contributed by atoms with E-state index in [1.54, 1.807) is 0 Å². The van der Waals surface area contributed by atoms with Crippen LogP contribution in [-0.4, -0.2) is 15.7 Å². The van der Waals surface area contributed by atoms with Gasteiger partial charge in [-0.05, 0) is 48.8 Å². The topological polar surface area (TPSA) is 60.9 Å². The molecule has 0 unspecified atom stereocenters. The van der Waals surface area contributed by atoms with Gasteiger partial charge in [0.2, 0.25) is 0 Å². The highest BCUT2D eigenvalue weighted by molar-refractivity contribution is 5.97. The van der Waals surface area contributed by atoms with Gasteiger partial charge in [0.05, 0.1) is 5.69 Å². The first-order valence-electron chi connectivity index (χ1n) is 7.89. The van der Waals surface area contributed by atoms with Gasteiger partial charge >= 0.3 is 0 Å². The fraction of sp³-hybridized carbons (Fsp3) is 0.444. The van der Waals surface area contributed by atoms with Gasteiger partial charge in [0, 0.05) is 11.1 Å². The summed E-state index contributed by atoms with van der Waals surface area (Å²) in [4.78, 5) is 12.8. The van der Waals surface area contributed by atoms with Crippen molar-refractivity contribution < 1.29 is 4.79 Å². The first kappa shape index (κ1) is 14.8. The number of rotatable bonds is 1. The predicted molar refractivity (Wildman–Crippen MR) is 88.2 cm³/mol. The number of nitrogens with zero attached hydrogens (tertiary/aromatic N) is 2. The van der Waals surface area contributed by atoms with Gasteiger partial charge < -0.3 is 5.73 Å². The van der Waals surface area contributed by atoms with E-state index in [0.29, 0.717) is 11.4 Å². The number of nitrogens with two attached hydrogens (primary N) is 1. The largest absolute Gasteiger partial charge is 0.383 e. The molecular weight excluding hydrogens is 274 g/mol. The third-order valence-electron chi connectivity index (χ3n) is 4.36. The number of fused-ring (bicyclic) bond motifs is 1. The lowest BCUT2D eigenvalue weighted by atomic mass is 9.86. The number of carbonyl (C=O) groups is 1. The Morgan fingerprint density at radius 1 is 1.23 bits per heavy atom. The van der Waals surface area contributed by atoms with Crippen molar-refractivity contribution in [2.45, 2.75) is 51.9 Å². The fourth-order valence-corrected chi connectivity index (χ4v) is 2.97. The number of hydrogen-bond acceptors (Lipinski definition) is 3. The number of anilines is 1. The summed E-state index contributed by atoms with van der Waals surface area (Å²) in [6, 6.07) is 7.75. The Labute approximate surface area is 131 Å². The molecule has 2 aromatic rings. The molecule has 1 aliphatic carbocycles. The van der Waals surface area contributed by atoms with Crippen LogP contribution in [0.3, 0.4) is 0 Å². The van der Waals surface area contributed by atoms with E-state index in [2.05, 4.69) is 25.9 Å². The lowest BCUT2D eigenvalue weighted by Gasteiger charge is -2.19. The highest BCUT2D eigenvalue weighted by Crippen LogP contribution is 2.27. The highest BCUT2D eigenvalue weighted by Gasteiger charge is 2.23. The van der Waals surface area contributed by atoms with Gasteiger partial charge in [0.25, 0.3) is 5.91 Å². The highest BCUT2D eigenvalue weighted by atomic mass is 16.2. The van der Waals surface area contributed by atoms with Crippen molar-refractivity contribution >= 4 is 11.7 Å². The van der Waals surface area contributed by atoms with Crippen molar-refractivity contribution in [3.8, 4) is 0 Å². The Bertz CT molecular complexity index is 722. The number of aromatic nitrogens is 2. The number of hydrogen-bond donors (Lipinski definition) is 1. The van der Waals surface area contributed by atoms with E-state index in [0.717, 1.165) is 42.5 Å². The van der Waals surface area contributed by atoms with Crippen LogP contribution in [0.5, 0.6) is 0 Å². The minimum Gasteiger partial charge on any atom is -0.383 e. The van der Waals surface area contributed by atoms with Gasteiger partial charge in [-0.3, -0.25) is 4.79 Å². The van der Waals surface area contributed by atoms with E-state index in [-0.39, 0.29) is 11.3 Å². The van der Waals surface area contributed by atoms with Crippen molar-refractivity contribution in [1.29, 1.82) is 0 Å². The summed E-state index contributed by atoms with van der Waals surface area (Å²) >= 11 is 0. The molecule has 4 nitrogen and oxygen atoms in total. The summed E-state index contributed by atoms with van der Waals surface area (Å²) in [7, 11) is 0. The Kier molecular flexibility index (Phi) is 3.55. The maximum absolute atomic E-state index is 12.8. The van der Waals surface area contributed by atoms with Crippen LogP contribution in [0.1, 0.15) is 60.8 Å². The minimum atomic E-state index is -0.141. The van der Waals surface area contributed by atoms with Crippen molar-refractivity contribution in [1.82, 2.24) is 9.78 Å². The summed E-state index contributed by atoms with van der Waals surface area (Å²) < 4.78 is 1.39. The maximum Gasteiger partial charge on any atom is 0.280 e. The van der Waals surface area contributed by atoms with Crippen molar-refractivity contribution in [3.63, 3.8) is 0 Å². The second kappa shape index (κ2) is 5.27. The zero-order valence-corrected chi connectivity index (χ0v) is 13.5. The summed E-state index contributed by atoms with van der Waals surface area (Å²) in [5, 5.41) is 4.46. The van der Waals surface area contributed by atoms with Crippen LogP contribution in [0, 0.1) is 0 Å². The zero-order valence-electron chi connectivity index (χ0n) is 13.5. The molecule has 0 saturated carbocycles. The Morgan fingerprint density at radius 3 is 2.64 bits per heavy atom. The van der Waals surface area contributed by atoms with Crippen LogP contribution < -0.4 is 5.73 Å². The van der Waals surface area contributed by atoms with E-state index in [1.165, 1.54) is 4.68 Å². The van der Waals surface area contributed by atoms with Crippen LogP contribution in [0.2, 0.25) is 0 Å². The van der Waals surface area contributed by atoms with Crippen LogP contribution in [0.25, 0.3) is 0 Å². The average Bonchev–Trinajstić information content (AvgIpc) is 2.83. The van der Waals surface area contributed by atoms with Gasteiger partial charge in [-0.2, -0.15) is 9.78 Å². The second-order valence-corrected chi connectivity index (χ2v) is 7.07. The van der Waals surface area contributed by atoms with Gasteiger partial charge in [-0.25, -0.2) is 0 Å². The molecule has 0 saturated heterocycles. The molecule has 0 bridgehead atoms.